The molecule has 4 nitrogen and oxygen atoms in total. The Bertz CT molecular complexity index is 299. The number of hydrogen-bond acceptors (Lipinski definition) is 4. The van der Waals surface area contributed by atoms with E-state index in [-0.39, 0.29) is 0 Å². The van der Waals surface area contributed by atoms with E-state index in [9.17, 15) is 0 Å². The van der Waals surface area contributed by atoms with Gasteiger partial charge in [0, 0.05) is 25.8 Å². The van der Waals surface area contributed by atoms with E-state index < -0.39 is 0 Å². The zero-order valence-electron chi connectivity index (χ0n) is 9.25. The highest BCUT2D eigenvalue weighted by Crippen LogP contribution is 2.13. The van der Waals surface area contributed by atoms with Gasteiger partial charge >= 0.3 is 0 Å². The van der Waals surface area contributed by atoms with Gasteiger partial charge in [-0.1, -0.05) is 0 Å². The molecule has 1 unspecified atom stereocenters. The van der Waals surface area contributed by atoms with E-state index in [0.29, 0.717) is 6.04 Å². The Kier molecular flexibility index (Phi) is 4.98. The summed E-state index contributed by atoms with van der Waals surface area (Å²) in [6.07, 6.45) is 0.956. The molecule has 0 spiro atoms. The number of halogens is 1. The highest BCUT2D eigenvalue weighted by molar-refractivity contribution is 9.10. The Labute approximate surface area is 98.6 Å². The number of anilines is 1. The fourth-order valence-electron chi connectivity index (χ4n) is 1.22. The maximum absolute atomic E-state index is 5.02. The second kappa shape index (κ2) is 6.02. The zero-order valence-corrected chi connectivity index (χ0v) is 10.8. The van der Waals surface area contributed by atoms with Crippen molar-refractivity contribution >= 4 is 21.7 Å². The van der Waals surface area contributed by atoms with Crippen LogP contribution < -0.4 is 5.32 Å². The number of hydrogen-bond donors (Lipinski definition) is 1. The summed E-state index contributed by atoms with van der Waals surface area (Å²) in [6, 6.07) is 2.21. The zero-order chi connectivity index (χ0) is 11.3. The summed E-state index contributed by atoms with van der Waals surface area (Å²) < 4.78 is 5.82. The number of nitrogens with one attached hydrogen (secondary N) is 1. The number of rotatable bonds is 5. The molecule has 1 heterocycles. The van der Waals surface area contributed by atoms with Crippen LogP contribution in [0.3, 0.4) is 0 Å². The minimum Gasteiger partial charge on any atom is -0.385 e. The number of aromatic nitrogens is 2. The summed E-state index contributed by atoms with van der Waals surface area (Å²) in [4.78, 5) is 8.43. The molecule has 0 aliphatic heterocycles. The summed E-state index contributed by atoms with van der Waals surface area (Å²) in [5.74, 6) is 1.60. The lowest BCUT2D eigenvalue weighted by molar-refractivity contribution is 0.191. The van der Waals surface area contributed by atoms with Crippen molar-refractivity contribution < 1.29 is 4.74 Å². The molecule has 0 aliphatic carbocycles. The molecule has 0 amide bonds. The van der Waals surface area contributed by atoms with E-state index in [1.54, 1.807) is 7.11 Å². The Morgan fingerprint density at radius 3 is 2.87 bits per heavy atom. The molecule has 84 valence electrons. The second-order valence-electron chi connectivity index (χ2n) is 3.45. The first-order chi connectivity index (χ1) is 7.11. The maximum Gasteiger partial charge on any atom is 0.131 e. The van der Waals surface area contributed by atoms with Gasteiger partial charge in [0.15, 0.2) is 0 Å². The van der Waals surface area contributed by atoms with Crippen molar-refractivity contribution in [2.45, 2.75) is 26.3 Å². The molecule has 1 rings (SSSR count). The van der Waals surface area contributed by atoms with Crippen molar-refractivity contribution in [1.29, 1.82) is 0 Å². The van der Waals surface area contributed by atoms with Gasteiger partial charge in [-0.25, -0.2) is 9.97 Å². The van der Waals surface area contributed by atoms with Gasteiger partial charge in [-0.2, -0.15) is 0 Å². The van der Waals surface area contributed by atoms with Gasteiger partial charge in [-0.3, -0.25) is 0 Å². The fourth-order valence-corrected chi connectivity index (χ4v) is 1.70. The van der Waals surface area contributed by atoms with Gasteiger partial charge in [-0.05, 0) is 36.2 Å². The lowest BCUT2D eigenvalue weighted by Crippen LogP contribution is -2.18. The molecule has 0 radical (unpaired) electrons. The minimum atomic E-state index is 0.339. The van der Waals surface area contributed by atoms with E-state index in [2.05, 4.69) is 38.1 Å². The van der Waals surface area contributed by atoms with Crippen LogP contribution in [0, 0.1) is 6.92 Å². The Hall–Kier alpha value is -0.680. The Morgan fingerprint density at radius 2 is 2.27 bits per heavy atom. The van der Waals surface area contributed by atoms with Crippen molar-refractivity contribution in [3.63, 3.8) is 0 Å². The van der Waals surface area contributed by atoms with Crippen LogP contribution in [0.25, 0.3) is 0 Å². The van der Waals surface area contributed by atoms with E-state index in [4.69, 9.17) is 4.74 Å². The first kappa shape index (κ1) is 12.4. The van der Waals surface area contributed by atoms with Crippen LogP contribution in [0.2, 0.25) is 0 Å². The average Bonchev–Trinajstić information content (AvgIpc) is 2.13. The van der Waals surface area contributed by atoms with E-state index in [0.717, 1.165) is 29.3 Å². The second-order valence-corrected chi connectivity index (χ2v) is 4.26. The van der Waals surface area contributed by atoms with E-state index in [1.807, 2.05) is 13.0 Å². The largest absolute Gasteiger partial charge is 0.385 e. The molecule has 15 heavy (non-hydrogen) atoms. The third-order valence-corrected chi connectivity index (χ3v) is 2.36. The van der Waals surface area contributed by atoms with Crippen molar-refractivity contribution in [3.05, 3.63) is 16.5 Å². The van der Waals surface area contributed by atoms with E-state index >= 15 is 0 Å². The van der Waals surface area contributed by atoms with Gasteiger partial charge in [-0.15, -0.1) is 0 Å². The minimum absolute atomic E-state index is 0.339. The molecule has 0 saturated carbocycles. The molecule has 1 N–H and O–H groups in total. The number of aryl methyl sites for hydroxylation is 1. The third-order valence-electron chi connectivity index (χ3n) is 1.96. The van der Waals surface area contributed by atoms with Crippen molar-refractivity contribution in [2.75, 3.05) is 19.0 Å². The van der Waals surface area contributed by atoms with Crippen LogP contribution in [-0.4, -0.2) is 29.7 Å². The van der Waals surface area contributed by atoms with Gasteiger partial charge < -0.3 is 10.1 Å². The van der Waals surface area contributed by atoms with Gasteiger partial charge in [0.25, 0.3) is 0 Å². The smallest absolute Gasteiger partial charge is 0.131 e. The third kappa shape index (κ3) is 4.57. The SMILES string of the molecule is COCCC(C)Nc1cc(Br)nc(C)n1. The van der Waals surface area contributed by atoms with Crippen LogP contribution in [0.4, 0.5) is 5.82 Å². The van der Waals surface area contributed by atoms with Crippen LogP contribution in [0.5, 0.6) is 0 Å². The number of ether oxygens (including phenoxy) is 1. The number of nitrogens with zero attached hydrogens (tertiary/aromatic N) is 2. The summed E-state index contributed by atoms with van der Waals surface area (Å²) in [7, 11) is 1.71. The van der Waals surface area contributed by atoms with Crippen LogP contribution in [0.15, 0.2) is 10.7 Å². The van der Waals surface area contributed by atoms with Crippen molar-refractivity contribution in [3.8, 4) is 0 Å². The Morgan fingerprint density at radius 1 is 1.53 bits per heavy atom. The number of methoxy groups -OCH3 is 1. The molecular formula is C10H16BrN3O. The topological polar surface area (TPSA) is 47.0 Å². The van der Waals surface area contributed by atoms with Crippen LogP contribution in [0.1, 0.15) is 19.2 Å². The van der Waals surface area contributed by atoms with E-state index in [1.165, 1.54) is 0 Å². The normalized spacial score (nSPS) is 12.5. The lowest BCUT2D eigenvalue weighted by Gasteiger charge is -2.14. The first-order valence-corrected chi connectivity index (χ1v) is 5.67. The summed E-state index contributed by atoms with van der Waals surface area (Å²) >= 11 is 3.34. The molecular weight excluding hydrogens is 258 g/mol. The molecule has 0 saturated heterocycles. The van der Waals surface area contributed by atoms with Gasteiger partial charge in [0.2, 0.25) is 0 Å². The quantitative estimate of drug-likeness (QED) is 0.837. The van der Waals surface area contributed by atoms with Gasteiger partial charge in [0.05, 0.1) is 0 Å². The predicted molar refractivity (Wildman–Crippen MR) is 64.0 cm³/mol. The van der Waals surface area contributed by atoms with Crippen LogP contribution in [-0.2, 0) is 4.74 Å². The van der Waals surface area contributed by atoms with Gasteiger partial charge in [0.1, 0.15) is 16.2 Å². The predicted octanol–water partition coefficient (Wildman–Crippen LogP) is 2.38. The Balaban J connectivity index is 2.56. The average molecular weight is 274 g/mol. The highest BCUT2D eigenvalue weighted by Gasteiger charge is 2.04. The van der Waals surface area contributed by atoms with Crippen molar-refractivity contribution in [2.24, 2.45) is 0 Å². The molecule has 1 aromatic rings. The molecule has 1 atom stereocenters. The summed E-state index contributed by atoms with van der Waals surface area (Å²) in [5, 5.41) is 3.30. The summed E-state index contributed by atoms with van der Waals surface area (Å²) in [5.41, 5.74) is 0. The monoisotopic (exact) mass is 273 g/mol. The lowest BCUT2D eigenvalue weighted by atomic mass is 10.2. The van der Waals surface area contributed by atoms with Crippen LogP contribution >= 0.6 is 15.9 Å². The maximum atomic E-state index is 5.02. The molecule has 0 bridgehead atoms. The molecule has 0 fully saturated rings. The first-order valence-electron chi connectivity index (χ1n) is 4.88. The molecule has 1 aromatic heterocycles. The molecule has 5 heteroatoms. The van der Waals surface area contributed by atoms with Crippen molar-refractivity contribution in [1.82, 2.24) is 9.97 Å². The standard InChI is InChI=1S/C10H16BrN3O/c1-7(4-5-15-3)12-10-6-9(11)13-8(2)14-10/h6-7H,4-5H2,1-3H3,(H,12,13,14). The molecule has 0 aliphatic rings. The summed E-state index contributed by atoms with van der Waals surface area (Å²) in [6.45, 7) is 4.72. The fraction of sp³-hybridized carbons (Fsp3) is 0.600. The molecule has 0 aromatic carbocycles. The highest BCUT2D eigenvalue weighted by atomic mass is 79.9.